The Bertz CT molecular complexity index is 869. The summed E-state index contributed by atoms with van der Waals surface area (Å²) in [6.45, 7) is 4.10. The number of halogens is 1. The molecule has 0 aromatic heterocycles. The summed E-state index contributed by atoms with van der Waals surface area (Å²) in [5.41, 5.74) is 3.52. The van der Waals surface area contributed by atoms with Crippen LogP contribution in [0.25, 0.3) is 0 Å². The summed E-state index contributed by atoms with van der Waals surface area (Å²) in [5.74, 6) is -0.691. The molecule has 2 atom stereocenters. The molecule has 4 nitrogen and oxygen atoms in total. The molecule has 148 valence electrons. The SMILES string of the molecule is Cc1cccc2c1NCCC1CCC(CN(C(=O)c3ccccc3F)C2)N1C. The third-order valence-corrected chi connectivity index (χ3v) is 6.31. The topological polar surface area (TPSA) is 35.6 Å². The first-order chi connectivity index (χ1) is 13.5. The summed E-state index contributed by atoms with van der Waals surface area (Å²) in [7, 11) is 2.16. The quantitative estimate of drug-likeness (QED) is 0.809. The van der Waals surface area contributed by atoms with Crippen molar-refractivity contribution in [2.75, 3.05) is 25.5 Å². The van der Waals surface area contributed by atoms with Crippen LogP contribution < -0.4 is 5.32 Å². The van der Waals surface area contributed by atoms with Crippen molar-refractivity contribution in [3.8, 4) is 0 Å². The third kappa shape index (κ3) is 3.63. The lowest BCUT2D eigenvalue weighted by molar-refractivity contribution is 0.0684. The molecule has 2 aromatic carbocycles. The predicted molar refractivity (Wildman–Crippen MR) is 110 cm³/mol. The highest BCUT2D eigenvalue weighted by Crippen LogP contribution is 2.30. The Morgan fingerprint density at radius 2 is 1.86 bits per heavy atom. The number of para-hydroxylation sites is 1. The van der Waals surface area contributed by atoms with Crippen LogP contribution in [0.1, 0.15) is 40.7 Å². The van der Waals surface area contributed by atoms with Crippen molar-refractivity contribution in [2.45, 2.75) is 44.8 Å². The maximum atomic E-state index is 14.3. The first kappa shape index (κ1) is 18.9. The van der Waals surface area contributed by atoms with E-state index in [4.69, 9.17) is 0 Å². The van der Waals surface area contributed by atoms with E-state index < -0.39 is 5.82 Å². The number of amides is 1. The Balaban J connectivity index is 1.72. The number of rotatable bonds is 1. The molecule has 2 aliphatic rings. The van der Waals surface area contributed by atoms with Gasteiger partial charge in [-0.15, -0.1) is 0 Å². The smallest absolute Gasteiger partial charge is 0.257 e. The zero-order valence-electron chi connectivity index (χ0n) is 16.6. The summed E-state index contributed by atoms with van der Waals surface area (Å²) >= 11 is 0. The Labute approximate surface area is 166 Å². The van der Waals surface area contributed by atoms with Gasteiger partial charge in [-0.05, 0) is 56.5 Å². The minimum absolute atomic E-state index is 0.150. The van der Waals surface area contributed by atoms with E-state index in [0.717, 1.165) is 37.1 Å². The predicted octanol–water partition coefficient (Wildman–Crippen LogP) is 4.05. The zero-order valence-corrected chi connectivity index (χ0v) is 16.6. The van der Waals surface area contributed by atoms with E-state index in [0.29, 0.717) is 25.2 Å². The summed E-state index contributed by atoms with van der Waals surface area (Å²) in [6, 6.07) is 13.3. The van der Waals surface area contributed by atoms with Crippen molar-refractivity contribution in [3.63, 3.8) is 0 Å². The van der Waals surface area contributed by atoms with E-state index in [1.807, 2.05) is 11.0 Å². The second kappa shape index (κ2) is 7.92. The maximum absolute atomic E-state index is 14.3. The summed E-state index contributed by atoms with van der Waals surface area (Å²) < 4.78 is 14.3. The first-order valence-corrected chi connectivity index (χ1v) is 10.1. The molecular weight excluding hydrogens is 353 g/mol. The summed E-state index contributed by atoms with van der Waals surface area (Å²) in [6.07, 6.45) is 3.30. The highest BCUT2D eigenvalue weighted by Gasteiger charge is 2.33. The van der Waals surface area contributed by atoms with Gasteiger partial charge in [-0.2, -0.15) is 0 Å². The first-order valence-electron chi connectivity index (χ1n) is 10.1. The molecule has 1 saturated heterocycles. The molecule has 1 N–H and O–H groups in total. The number of fused-ring (bicyclic) bond motifs is 3. The van der Waals surface area contributed by atoms with Gasteiger partial charge >= 0.3 is 0 Å². The number of hydrogen-bond donors (Lipinski definition) is 1. The Morgan fingerprint density at radius 3 is 2.68 bits per heavy atom. The number of benzene rings is 2. The largest absolute Gasteiger partial charge is 0.384 e. The van der Waals surface area contributed by atoms with Crippen LogP contribution >= 0.6 is 0 Å². The van der Waals surface area contributed by atoms with Gasteiger partial charge in [0.15, 0.2) is 0 Å². The average Bonchev–Trinajstić information content (AvgIpc) is 3.01. The molecule has 1 fully saturated rings. The van der Waals surface area contributed by atoms with Gasteiger partial charge in [-0.25, -0.2) is 4.39 Å². The van der Waals surface area contributed by atoms with Crippen LogP contribution in [0.15, 0.2) is 42.5 Å². The van der Waals surface area contributed by atoms with Gasteiger partial charge in [0, 0.05) is 37.4 Å². The Morgan fingerprint density at radius 1 is 1.07 bits per heavy atom. The Kier molecular flexibility index (Phi) is 5.36. The van der Waals surface area contributed by atoms with Gasteiger partial charge in [0.05, 0.1) is 5.56 Å². The molecule has 0 radical (unpaired) electrons. The number of aryl methyl sites for hydroxylation is 1. The van der Waals surface area contributed by atoms with Crippen molar-refractivity contribution in [1.29, 1.82) is 0 Å². The van der Waals surface area contributed by atoms with Gasteiger partial charge < -0.3 is 10.2 Å². The fourth-order valence-electron chi connectivity index (χ4n) is 4.62. The van der Waals surface area contributed by atoms with Gasteiger partial charge in [-0.3, -0.25) is 9.69 Å². The maximum Gasteiger partial charge on any atom is 0.257 e. The number of carbonyl (C=O) groups excluding carboxylic acids is 1. The second-order valence-corrected chi connectivity index (χ2v) is 8.04. The minimum Gasteiger partial charge on any atom is -0.384 e. The number of hydrogen-bond acceptors (Lipinski definition) is 3. The third-order valence-electron chi connectivity index (χ3n) is 6.31. The molecule has 0 aliphatic carbocycles. The van der Waals surface area contributed by atoms with Gasteiger partial charge in [0.1, 0.15) is 5.82 Å². The lowest BCUT2D eigenvalue weighted by Gasteiger charge is -2.31. The number of nitrogens with one attached hydrogen (secondary N) is 1. The van der Waals surface area contributed by atoms with Crippen LogP contribution in [0.5, 0.6) is 0 Å². The molecule has 1 amide bonds. The summed E-state index contributed by atoms with van der Waals surface area (Å²) in [5, 5.41) is 3.60. The molecule has 0 saturated carbocycles. The normalized spacial score (nSPS) is 22.9. The molecule has 0 spiro atoms. The molecule has 4 rings (SSSR count). The molecule has 2 heterocycles. The number of anilines is 1. The van der Waals surface area contributed by atoms with E-state index in [9.17, 15) is 9.18 Å². The van der Waals surface area contributed by atoms with Crippen LogP contribution in [0, 0.1) is 12.7 Å². The number of likely N-dealkylation sites (N-methyl/N-ethyl adjacent to an activating group) is 1. The zero-order chi connectivity index (χ0) is 19.7. The Hall–Kier alpha value is -2.40. The lowest BCUT2D eigenvalue weighted by Crippen LogP contribution is -2.43. The van der Waals surface area contributed by atoms with E-state index in [1.165, 1.54) is 11.6 Å². The summed E-state index contributed by atoms with van der Waals surface area (Å²) in [4.78, 5) is 17.5. The fraction of sp³-hybridized carbons (Fsp3) is 0.435. The highest BCUT2D eigenvalue weighted by atomic mass is 19.1. The minimum atomic E-state index is -0.456. The molecule has 2 unspecified atom stereocenters. The van der Waals surface area contributed by atoms with Crippen molar-refractivity contribution >= 4 is 11.6 Å². The molecule has 2 aliphatic heterocycles. The van der Waals surface area contributed by atoms with Crippen LogP contribution in [0.4, 0.5) is 10.1 Å². The average molecular weight is 381 g/mol. The molecular formula is C23H28FN3O. The highest BCUT2D eigenvalue weighted by molar-refractivity contribution is 5.94. The fourth-order valence-corrected chi connectivity index (χ4v) is 4.62. The lowest BCUT2D eigenvalue weighted by atomic mass is 10.0. The molecule has 2 aromatic rings. The monoisotopic (exact) mass is 381 g/mol. The van der Waals surface area contributed by atoms with Crippen LogP contribution in [0.2, 0.25) is 0 Å². The van der Waals surface area contributed by atoms with E-state index in [2.05, 4.69) is 36.3 Å². The van der Waals surface area contributed by atoms with Gasteiger partial charge in [-0.1, -0.05) is 30.3 Å². The van der Waals surface area contributed by atoms with Gasteiger partial charge in [0.2, 0.25) is 0 Å². The van der Waals surface area contributed by atoms with Crippen LogP contribution in [-0.2, 0) is 6.54 Å². The van der Waals surface area contributed by atoms with Crippen LogP contribution in [0.3, 0.4) is 0 Å². The standard InChI is InChI=1S/C23H28FN3O/c1-16-6-5-7-17-14-27(23(28)20-8-3-4-9-21(20)24)15-19-11-10-18(26(19)2)12-13-25-22(16)17/h3-9,18-19,25H,10-15H2,1-2H3. The molecule has 28 heavy (non-hydrogen) atoms. The van der Waals surface area contributed by atoms with Gasteiger partial charge in [0.25, 0.3) is 5.91 Å². The van der Waals surface area contributed by atoms with Crippen molar-refractivity contribution in [2.24, 2.45) is 0 Å². The van der Waals surface area contributed by atoms with Crippen molar-refractivity contribution in [3.05, 3.63) is 65.0 Å². The number of nitrogens with zero attached hydrogens (tertiary/aromatic N) is 2. The second-order valence-electron chi connectivity index (χ2n) is 8.04. The van der Waals surface area contributed by atoms with E-state index in [-0.39, 0.29) is 11.5 Å². The van der Waals surface area contributed by atoms with E-state index in [1.54, 1.807) is 18.2 Å². The molecule has 5 heteroatoms. The number of carbonyl (C=O) groups is 1. The van der Waals surface area contributed by atoms with Crippen LogP contribution in [-0.4, -0.2) is 47.9 Å². The van der Waals surface area contributed by atoms with Crippen molar-refractivity contribution in [1.82, 2.24) is 9.80 Å². The van der Waals surface area contributed by atoms with Crippen molar-refractivity contribution < 1.29 is 9.18 Å². The molecule has 2 bridgehead atoms. The van der Waals surface area contributed by atoms with E-state index >= 15 is 0 Å².